The van der Waals surface area contributed by atoms with Gasteiger partial charge in [0.25, 0.3) is 0 Å². The molecular weight excluding hydrogens is 371 g/mol. The summed E-state index contributed by atoms with van der Waals surface area (Å²) in [6.07, 6.45) is 3.50. The van der Waals surface area contributed by atoms with Crippen molar-refractivity contribution < 1.29 is 19.0 Å². The Labute approximate surface area is 171 Å². The first kappa shape index (κ1) is 21.3. The molecule has 2 N–H and O–H groups in total. The molecule has 2 aromatic rings. The molecule has 0 saturated heterocycles. The van der Waals surface area contributed by atoms with Crippen LogP contribution in [0.25, 0.3) is 0 Å². The van der Waals surface area contributed by atoms with E-state index in [0.717, 1.165) is 37.0 Å². The number of nitrogens with zero attached hydrogens (tertiary/aromatic N) is 1. The molecule has 0 spiro atoms. The standard InChI is InChI=1S/C23H29FN2O3/c1-29-22-7-2-4-17(14-22)16-26(20-8-10-21(27)11-9-20)13-12-23(28)25-19-6-3-5-18(24)15-19/h2-7,14-15,20-21,27H,8-13,16H2,1H3,(H,25,28). The molecule has 3 rings (SSSR count). The van der Waals surface area contributed by atoms with Gasteiger partial charge in [0, 0.05) is 31.2 Å². The lowest BCUT2D eigenvalue weighted by atomic mass is 9.91. The zero-order valence-electron chi connectivity index (χ0n) is 16.8. The van der Waals surface area contributed by atoms with Gasteiger partial charge in [-0.15, -0.1) is 0 Å². The van der Waals surface area contributed by atoms with Crippen LogP contribution in [0.2, 0.25) is 0 Å². The second-order valence-electron chi connectivity index (χ2n) is 7.59. The summed E-state index contributed by atoms with van der Waals surface area (Å²) in [5.74, 6) is 0.302. The van der Waals surface area contributed by atoms with E-state index in [1.54, 1.807) is 19.2 Å². The highest BCUT2D eigenvalue weighted by atomic mass is 19.1. The lowest BCUT2D eigenvalue weighted by Gasteiger charge is -2.35. The summed E-state index contributed by atoms with van der Waals surface area (Å²) in [7, 11) is 1.65. The molecule has 2 aromatic carbocycles. The van der Waals surface area contributed by atoms with Crippen LogP contribution in [0.3, 0.4) is 0 Å². The number of aliphatic hydroxyl groups is 1. The van der Waals surface area contributed by atoms with Crippen molar-refractivity contribution in [2.75, 3.05) is 19.0 Å². The summed E-state index contributed by atoms with van der Waals surface area (Å²) in [4.78, 5) is 14.7. The molecule has 0 bridgehead atoms. The van der Waals surface area contributed by atoms with Crippen molar-refractivity contribution in [2.24, 2.45) is 0 Å². The topological polar surface area (TPSA) is 61.8 Å². The number of anilines is 1. The van der Waals surface area contributed by atoms with Gasteiger partial charge in [0.1, 0.15) is 11.6 Å². The van der Waals surface area contributed by atoms with Crippen molar-refractivity contribution in [3.8, 4) is 5.75 Å². The van der Waals surface area contributed by atoms with E-state index in [-0.39, 0.29) is 17.8 Å². The molecule has 0 atom stereocenters. The molecular formula is C23H29FN2O3. The summed E-state index contributed by atoms with van der Waals surface area (Å²) in [6.45, 7) is 1.31. The highest BCUT2D eigenvalue weighted by Crippen LogP contribution is 2.25. The van der Waals surface area contributed by atoms with Crippen LogP contribution < -0.4 is 10.1 Å². The zero-order chi connectivity index (χ0) is 20.6. The zero-order valence-corrected chi connectivity index (χ0v) is 16.8. The number of ether oxygens (including phenoxy) is 1. The molecule has 6 heteroatoms. The van der Waals surface area contributed by atoms with Crippen molar-refractivity contribution in [3.63, 3.8) is 0 Å². The molecule has 1 amide bonds. The number of benzene rings is 2. The van der Waals surface area contributed by atoms with Crippen LogP contribution in [-0.4, -0.2) is 41.7 Å². The van der Waals surface area contributed by atoms with E-state index < -0.39 is 0 Å². The maximum Gasteiger partial charge on any atom is 0.225 e. The van der Waals surface area contributed by atoms with Gasteiger partial charge in [0.05, 0.1) is 13.2 Å². The predicted molar refractivity (Wildman–Crippen MR) is 111 cm³/mol. The molecule has 0 radical (unpaired) electrons. The lowest BCUT2D eigenvalue weighted by Crippen LogP contribution is -2.40. The molecule has 0 aliphatic heterocycles. The third-order valence-electron chi connectivity index (χ3n) is 5.44. The molecule has 156 valence electrons. The summed E-state index contributed by atoms with van der Waals surface area (Å²) >= 11 is 0. The van der Waals surface area contributed by atoms with E-state index in [0.29, 0.717) is 31.2 Å². The first-order valence-corrected chi connectivity index (χ1v) is 10.1. The van der Waals surface area contributed by atoms with Crippen molar-refractivity contribution in [3.05, 3.63) is 59.9 Å². The number of carbonyl (C=O) groups is 1. The number of halogens is 1. The third kappa shape index (κ3) is 6.54. The Bertz CT molecular complexity index is 806. The molecule has 1 fully saturated rings. The SMILES string of the molecule is COc1cccc(CN(CCC(=O)Nc2cccc(F)c2)C2CCC(O)CC2)c1. The minimum absolute atomic E-state index is 0.137. The Balaban J connectivity index is 1.63. The van der Waals surface area contributed by atoms with E-state index in [1.807, 2.05) is 18.2 Å². The Hall–Kier alpha value is -2.44. The number of methoxy groups -OCH3 is 1. The van der Waals surface area contributed by atoms with Crippen LogP contribution >= 0.6 is 0 Å². The summed E-state index contributed by atoms with van der Waals surface area (Å²) in [5, 5.41) is 12.6. The highest BCUT2D eigenvalue weighted by Gasteiger charge is 2.25. The first-order chi connectivity index (χ1) is 14.0. The smallest absolute Gasteiger partial charge is 0.225 e. The fraction of sp³-hybridized carbons (Fsp3) is 0.435. The number of hydrogen-bond donors (Lipinski definition) is 2. The van der Waals surface area contributed by atoms with Gasteiger partial charge in [-0.2, -0.15) is 0 Å². The Kier molecular flexibility index (Phi) is 7.61. The van der Waals surface area contributed by atoms with Gasteiger partial charge in [0.15, 0.2) is 0 Å². The molecule has 29 heavy (non-hydrogen) atoms. The van der Waals surface area contributed by atoms with Crippen LogP contribution in [0.1, 0.15) is 37.7 Å². The Morgan fingerprint density at radius 2 is 1.93 bits per heavy atom. The maximum absolute atomic E-state index is 13.3. The van der Waals surface area contributed by atoms with E-state index in [1.165, 1.54) is 12.1 Å². The number of nitrogens with one attached hydrogen (secondary N) is 1. The van der Waals surface area contributed by atoms with Gasteiger partial charge < -0.3 is 15.2 Å². The normalized spacial score (nSPS) is 19.2. The van der Waals surface area contributed by atoms with E-state index in [4.69, 9.17) is 4.74 Å². The number of amides is 1. The summed E-state index contributed by atoms with van der Waals surface area (Å²) in [5.41, 5.74) is 1.59. The monoisotopic (exact) mass is 400 g/mol. The first-order valence-electron chi connectivity index (χ1n) is 10.1. The van der Waals surface area contributed by atoms with Crippen LogP contribution in [0.4, 0.5) is 10.1 Å². The van der Waals surface area contributed by atoms with Crippen LogP contribution in [0, 0.1) is 5.82 Å². The van der Waals surface area contributed by atoms with Crippen molar-refractivity contribution in [1.29, 1.82) is 0 Å². The average Bonchev–Trinajstić information content (AvgIpc) is 2.72. The fourth-order valence-corrected chi connectivity index (χ4v) is 3.85. The molecule has 1 aliphatic rings. The fourth-order valence-electron chi connectivity index (χ4n) is 3.85. The predicted octanol–water partition coefficient (Wildman–Crippen LogP) is 3.97. The summed E-state index contributed by atoms with van der Waals surface area (Å²) in [6, 6.07) is 14.2. The van der Waals surface area contributed by atoms with E-state index >= 15 is 0 Å². The summed E-state index contributed by atoms with van der Waals surface area (Å²) < 4.78 is 18.6. The van der Waals surface area contributed by atoms with Crippen LogP contribution in [0.15, 0.2) is 48.5 Å². The average molecular weight is 400 g/mol. The van der Waals surface area contributed by atoms with Gasteiger partial charge in [0.2, 0.25) is 5.91 Å². The van der Waals surface area contributed by atoms with E-state index in [2.05, 4.69) is 16.3 Å². The van der Waals surface area contributed by atoms with E-state index in [9.17, 15) is 14.3 Å². The van der Waals surface area contributed by atoms with Crippen LogP contribution in [0.5, 0.6) is 5.75 Å². The lowest BCUT2D eigenvalue weighted by molar-refractivity contribution is -0.116. The van der Waals surface area contributed by atoms with Crippen LogP contribution in [-0.2, 0) is 11.3 Å². The second kappa shape index (κ2) is 10.4. The largest absolute Gasteiger partial charge is 0.497 e. The van der Waals surface area contributed by atoms with Gasteiger partial charge in [-0.3, -0.25) is 9.69 Å². The quantitative estimate of drug-likeness (QED) is 0.704. The number of rotatable bonds is 8. The molecule has 0 aromatic heterocycles. The molecule has 5 nitrogen and oxygen atoms in total. The molecule has 1 saturated carbocycles. The third-order valence-corrected chi connectivity index (χ3v) is 5.44. The highest BCUT2D eigenvalue weighted by molar-refractivity contribution is 5.90. The van der Waals surface area contributed by atoms with Gasteiger partial charge >= 0.3 is 0 Å². The maximum atomic E-state index is 13.3. The second-order valence-corrected chi connectivity index (χ2v) is 7.59. The van der Waals surface area contributed by atoms with Gasteiger partial charge in [-0.25, -0.2) is 4.39 Å². The van der Waals surface area contributed by atoms with Gasteiger partial charge in [-0.1, -0.05) is 18.2 Å². The van der Waals surface area contributed by atoms with Crippen molar-refractivity contribution in [2.45, 2.75) is 50.8 Å². The van der Waals surface area contributed by atoms with Gasteiger partial charge in [-0.05, 0) is 61.6 Å². The molecule has 0 heterocycles. The minimum atomic E-state index is -0.372. The van der Waals surface area contributed by atoms with Crippen molar-refractivity contribution >= 4 is 11.6 Å². The molecule has 1 aliphatic carbocycles. The molecule has 0 unspecified atom stereocenters. The minimum Gasteiger partial charge on any atom is -0.497 e. The number of carbonyl (C=O) groups excluding carboxylic acids is 1. The van der Waals surface area contributed by atoms with Crippen molar-refractivity contribution in [1.82, 2.24) is 4.90 Å². The number of aliphatic hydroxyl groups excluding tert-OH is 1. The Morgan fingerprint density at radius 3 is 2.66 bits per heavy atom. The number of hydrogen-bond acceptors (Lipinski definition) is 4. The Morgan fingerprint density at radius 1 is 1.17 bits per heavy atom.